The number of unbranched alkanes of at least 4 members (excludes halogenated alkanes) is 2. The Morgan fingerprint density at radius 1 is 0.902 bits per heavy atom. The van der Waals surface area contributed by atoms with Gasteiger partial charge >= 0.3 is 5.97 Å². The number of hydrogen-bond acceptors (Lipinski definition) is 7. The molecule has 6 atom stereocenters. The van der Waals surface area contributed by atoms with Gasteiger partial charge in [-0.25, -0.2) is 4.39 Å². The van der Waals surface area contributed by atoms with Gasteiger partial charge < -0.3 is 10.2 Å². The first kappa shape index (κ1) is 34.7. The van der Waals surface area contributed by atoms with Crippen LogP contribution in [0.3, 0.4) is 0 Å². The summed E-state index contributed by atoms with van der Waals surface area (Å²) in [5.74, 6) is -7.32. The molecular weight excluding hydrogens is 700 g/mol. The van der Waals surface area contributed by atoms with Crippen molar-refractivity contribution in [2.75, 3.05) is 12.0 Å². The number of amides is 4. The van der Waals surface area contributed by atoms with Crippen LogP contribution in [0.25, 0.3) is 0 Å². The van der Waals surface area contributed by atoms with Gasteiger partial charge in [0.2, 0.25) is 11.8 Å². The van der Waals surface area contributed by atoms with Crippen LogP contribution in [0, 0.1) is 29.5 Å². The summed E-state index contributed by atoms with van der Waals surface area (Å²) in [6.45, 7) is 0.157. The molecule has 264 valence electrons. The van der Waals surface area contributed by atoms with Crippen LogP contribution < -0.4 is 5.43 Å². The standard InChI is InChI=1S/C38H34Cl2FN3O7/c39-21-7-5-20(6-8-21)38-29(35(49)44(37(38)51)42-23-11-9-22(41)10-12-23)19-28-25(33(38)26-14-13-24(45)18-30(26)40)15-16-27-32(28)36(50)43(34(27)48)17-3-1-2-4-31(46)47/h5-15,18,27-29,32-33,42,45H,1-4,16-17,19H2,(H,46,47). The largest absolute Gasteiger partial charge is 0.508 e. The zero-order valence-electron chi connectivity index (χ0n) is 27.2. The minimum Gasteiger partial charge on any atom is -0.508 e. The van der Waals surface area contributed by atoms with Crippen molar-refractivity contribution >= 4 is 58.5 Å². The van der Waals surface area contributed by atoms with E-state index in [0.29, 0.717) is 46.7 Å². The first-order valence-corrected chi connectivity index (χ1v) is 17.6. The van der Waals surface area contributed by atoms with Gasteiger partial charge in [-0.15, -0.1) is 0 Å². The summed E-state index contributed by atoms with van der Waals surface area (Å²) >= 11 is 13.2. The summed E-state index contributed by atoms with van der Waals surface area (Å²) in [5.41, 5.74) is 3.25. The zero-order chi connectivity index (χ0) is 36.2. The number of aromatic hydroxyl groups is 1. The van der Waals surface area contributed by atoms with Crippen molar-refractivity contribution in [3.63, 3.8) is 0 Å². The molecule has 0 radical (unpaired) electrons. The van der Waals surface area contributed by atoms with E-state index in [1.165, 1.54) is 41.3 Å². The third-order valence-corrected chi connectivity index (χ3v) is 11.5. The molecular formula is C38H34Cl2FN3O7. The summed E-state index contributed by atoms with van der Waals surface area (Å²) < 4.78 is 13.8. The Morgan fingerprint density at radius 3 is 2.31 bits per heavy atom. The van der Waals surface area contributed by atoms with Crippen LogP contribution in [0.5, 0.6) is 5.75 Å². The van der Waals surface area contributed by atoms with E-state index in [1.807, 2.05) is 6.08 Å². The van der Waals surface area contributed by atoms with Gasteiger partial charge in [0.15, 0.2) is 0 Å². The minimum atomic E-state index is -1.60. The van der Waals surface area contributed by atoms with Crippen molar-refractivity contribution in [1.82, 2.24) is 9.91 Å². The molecule has 3 fully saturated rings. The summed E-state index contributed by atoms with van der Waals surface area (Å²) in [5, 5.41) is 20.8. The lowest BCUT2D eigenvalue weighted by Gasteiger charge is -2.50. The lowest BCUT2D eigenvalue weighted by Crippen LogP contribution is -2.53. The SMILES string of the molecule is O=C(O)CCCCCN1C(=O)C2CC=C3C(CC4C(=O)N(Nc5ccc(F)cc5)C(=O)C4(c4ccc(Cl)cc4)C3c3ccc(O)cc3Cl)C2C1=O. The van der Waals surface area contributed by atoms with Crippen LogP contribution in [-0.2, 0) is 29.4 Å². The lowest BCUT2D eigenvalue weighted by molar-refractivity contribution is -0.141. The quantitative estimate of drug-likeness (QED) is 0.122. The molecule has 2 aliphatic heterocycles. The molecule has 2 aliphatic carbocycles. The number of hydrogen-bond donors (Lipinski definition) is 3. The number of nitrogens with zero attached hydrogens (tertiary/aromatic N) is 2. The summed E-state index contributed by atoms with van der Waals surface area (Å²) in [6.07, 6.45) is 3.62. The van der Waals surface area contributed by atoms with Gasteiger partial charge in [-0.2, -0.15) is 5.01 Å². The molecule has 13 heteroatoms. The number of hydrazine groups is 1. The normalized spacial score (nSPS) is 26.9. The highest BCUT2D eigenvalue weighted by Gasteiger charge is 2.70. The number of allylic oxidation sites excluding steroid dienone is 2. The summed E-state index contributed by atoms with van der Waals surface area (Å²) in [6, 6.07) is 16.3. The molecule has 4 aliphatic rings. The average Bonchev–Trinajstić information content (AvgIpc) is 3.46. The highest BCUT2D eigenvalue weighted by Crippen LogP contribution is 2.64. The zero-order valence-corrected chi connectivity index (χ0v) is 28.7. The highest BCUT2D eigenvalue weighted by molar-refractivity contribution is 6.32. The number of phenols is 1. The summed E-state index contributed by atoms with van der Waals surface area (Å²) in [7, 11) is 0. The van der Waals surface area contributed by atoms with E-state index in [0.717, 1.165) is 5.01 Å². The number of carbonyl (C=O) groups is 5. The minimum absolute atomic E-state index is 0.000245. The van der Waals surface area contributed by atoms with Gasteiger partial charge in [-0.05, 0) is 91.3 Å². The number of rotatable bonds is 10. The van der Waals surface area contributed by atoms with Crippen LogP contribution in [0.15, 0.2) is 78.4 Å². The molecule has 4 amide bonds. The van der Waals surface area contributed by atoms with E-state index in [2.05, 4.69) is 5.43 Å². The van der Waals surface area contributed by atoms with Crippen molar-refractivity contribution in [3.8, 4) is 5.75 Å². The van der Waals surface area contributed by atoms with Crippen LogP contribution in [-0.4, -0.2) is 56.3 Å². The fraction of sp³-hybridized carbons (Fsp3) is 0.342. The number of benzene rings is 3. The number of imide groups is 2. The number of carboxylic acids is 1. The lowest BCUT2D eigenvalue weighted by atomic mass is 9.49. The topological polar surface area (TPSA) is 144 Å². The Balaban J connectivity index is 1.35. The molecule has 0 aromatic heterocycles. The molecule has 6 unspecified atom stereocenters. The summed E-state index contributed by atoms with van der Waals surface area (Å²) in [4.78, 5) is 69.9. The Bertz CT molecular complexity index is 1970. The van der Waals surface area contributed by atoms with Crippen LogP contribution in [0.2, 0.25) is 10.0 Å². The second kappa shape index (κ2) is 13.4. The van der Waals surface area contributed by atoms with Gasteiger partial charge in [-0.1, -0.05) is 59.5 Å². The molecule has 0 spiro atoms. The first-order chi connectivity index (χ1) is 24.4. The Hall–Kier alpha value is -4.74. The third kappa shape index (κ3) is 5.76. The number of nitrogens with one attached hydrogen (secondary N) is 1. The van der Waals surface area contributed by atoms with E-state index in [-0.39, 0.29) is 48.4 Å². The number of carbonyl (C=O) groups excluding carboxylic acids is 4. The van der Waals surface area contributed by atoms with E-state index in [1.54, 1.807) is 30.3 Å². The number of likely N-dealkylation sites (tertiary alicyclic amines) is 1. The van der Waals surface area contributed by atoms with E-state index in [4.69, 9.17) is 28.3 Å². The van der Waals surface area contributed by atoms with Crippen LogP contribution in [0.1, 0.15) is 55.6 Å². The number of fused-ring (bicyclic) bond motifs is 4. The third-order valence-electron chi connectivity index (χ3n) is 10.9. The Kier molecular flexibility index (Phi) is 9.14. The van der Waals surface area contributed by atoms with Crippen LogP contribution in [0.4, 0.5) is 10.1 Å². The van der Waals surface area contributed by atoms with Crippen molar-refractivity contribution in [3.05, 3.63) is 105 Å². The van der Waals surface area contributed by atoms with Gasteiger partial charge in [0.05, 0.1) is 28.9 Å². The number of aliphatic carboxylic acids is 1. The molecule has 0 bridgehead atoms. The number of carboxylic acid groups (broad SMARTS) is 1. The van der Waals surface area contributed by atoms with Crippen molar-refractivity contribution in [2.24, 2.45) is 23.7 Å². The number of anilines is 1. The number of halogens is 3. The van der Waals surface area contributed by atoms with Crippen molar-refractivity contribution < 1.29 is 38.6 Å². The molecule has 7 rings (SSSR count). The van der Waals surface area contributed by atoms with Crippen LogP contribution >= 0.6 is 23.2 Å². The predicted molar refractivity (Wildman–Crippen MR) is 185 cm³/mol. The maximum Gasteiger partial charge on any atom is 0.303 e. The molecule has 3 N–H and O–H groups in total. The molecule has 3 aromatic carbocycles. The average molecular weight is 735 g/mol. The maximum absolute atomic E-state index is 15.1. The maximum atomic E-state index is 15.1. The fourth-order valence-electron chi connectivity index (χ4n) is 8.76. The van der Waals surface area contributed by atoms with E-state index < -0.39 is 58.6 Å². The molecule has 51 heavy (non-hydrogen) atoms. The molecule has 3 aromatic rings. The van der Waals surface area contributed by atoms with Gasteiger partial charge in [0, 0.05) is 28.9 Å². The molecule has 10 nitrogen and oxygen atoms in total. The molecule has 1 saturated carbocycles. The van der Waals surface area contributed by atoms with Gasteiger partial charge in [0.1, 0.15) is 11.6 Å². The van der Waals surface area contributed by atoms with Gasteiger partial charge in [0.25, 0.3) is 11.8 Å². The molecule has 2 saturated heterocycles. The monoisotopic (exact) mass is 733 g/mol. The highest BCUT2D eigenvalue weighted by atomic mass is 35.5. The predicted octanol–water partition coefficient (Wildman–Crippen LogP) is 6.47. The molecule has 2 heterocycles. The van der Waals surface area contributed by atoms with Gasteiger partial charge in [-0.3, -0.25) is 34.3 Å². The second-order valence-electron chi connectivity index (χ2n) is 13.6. The number of phenolic OH excluding ortho intramolecular Hbond substituents is 1. The van der Waals surface area contributed by atoms with E-state index in [9.17, 15) is 28.7 Å². The Morgan fingerprint density at radius 2 is 1.63 bits per heavy atom. The van der Waals surface area contributed by atoms with Crippen molar-refractivity contribution in [1.29, 1.82) is 0 Å². The van der Waals surface area contributed by atoms with Crippen molar-refractivity contribution in [2.45, 2.75) is 49.9 Å². The first-order valence-electron chi connectivity index (χ1n) is 16.9. The smallest absolute Gasteiger partial charge is 0.303 e. The second-order valence-corrected chi connectivity index (χ2v) is 14.5. The van der Waals surface area contributed by atoms with E-state index >= 15 is 4.79 Å². The Labute approximate surface area is 302 Å². The fourth-order valence-corrected chi connectivity index (χ4v) is 9.17.